The molecule has 0 unspecified atom stereocenters. The van der Waals surface area contributed by atoms with Crippen molar-refractivity contribution in [1.82, 2.24) is 5.32 Å². The minimum atomic E-state index is -0.284. The lowest BCUT2D eigenvalue weighted by atomic mass is 10.2. The first-order valence-corrected chi connectivity index (χ1v) is 11.5. The molecule has 3 heterocycles. The molecule has 2 aliphatic rings. The maximum Gasteiger partial charge on any atom is 0.261 e. The van der Waals surface area contributed by atoms with Gasteiger partial charge in [-0.1, -0.05) is 11.6 Å². The molecule has 3 amide bonds. The van der Waals surface area contributed by atoms with Crippen LogP contribution in [0.25, 0.3) is 0 Å². The van der Waals surface area contributed by atoms with Gasteiger partial charge in [0, 0.05) is 25.2 Å². The Kier molecular flexibility index (Phi) is 6.43. The van der Waals surface area contributed by atoms with Crippen LogP contribution in [0.1, 0.15) is 22.5 Å². The highest BCUT2D eigenvalue weighted by atomic mass is 79.9. The van der Waals surface area contributed by atoms with Crippen LogP contribution in [0, 0.1) is 0 Å². The summed E-state index contributed by atoms with van der Waals surface area (Å²) in [6.45, 7) is 1.66. The number of thiophene rings is 1. The van der Waals surface area contributed by atoms with Crippen LogP contribution >= 0.6 is 38.9 Å². The van der Waals surface area contributed by atoms with Crippen LogP contribution in [-0.4, -0.2) is 50.1 Å². The molecule has 10 heteroatoms. The molecule has 0 spiro atoms. The quantitative estimate of drug-likeness (QED) is 0.681. The van der Waals surface area contributed by atoms with E-state index in [1.807, 2.05) is 6.07 Å². The lowest BCUT2D eigenvalue weighted by Crippen LogP contribution is -2.36. The number of carbonyl (C=O) groups excluding carboxylic acids is 3. The number of nitrogens with zero attached hydrogens (tertiary/aromatic N) is 2. The van der Waals surface area contributed by atoms with Gasteiger partial charge in [0.15, 0.2) is 0 Å². The van der Waals surface area contributed by atoms with E-state index in [1.165, 1.54) is 11.3 Å². The number of carbonyl (C=O) groups is 3. The average Bonchev–Trinajstić information content (AvgIpc) is 3.23. The Morgan fingerprint density at radius 1 is 1.17 bits per heavy atom. The largest absolute Gasteiger partial charge is 0.379 e. The van der Waals surface area contributed by atoms with E-state index in [9.17, 15) is 14.4 Å². The van der Waals surface area contributed by atoms with Crippen molar-refractivity contribution in [3.8, 4) is 0 Å². The van der Waals surface area contributed by atoms with Crippen molar-refractivity contribution in [2.75, 3.05) is 36.1 Å². The van der Waals surface area contributed by atoms with Crippen LogP contribution in [0.15, 0.2) is 34.1 Å². The van der Waals surface area contributed by atoms with Gasteiger partial charge in [0.2, 0.25) is 11.8 Å². The van der Waals surface area contributed by atoms with Crippen LogP contribution in [0.3, 0.4) is 0 Å². The zero-order chi connectivity index (χ0) is 21.3. The maximum atomic E-state index is 12.5. The molecule has 1 N–H and O–H groups in total. The summed E-state index contributed by atoms with van der Waals surface area (Å²) < 4.78 is 6.23. The standard InChI is InChI=1S/C20H19BrClN3O4S/c21-17-4-3-16(30-17)20(28)23-12-9-19(27)25(11-12)13-1-2-15(14(22)10-13)24-6-8-29-7-5-18(24)26/h1-4,10,12H,5-9,11H2,(H,23,28)/t12-/m1/s1. The molecule has 2 fully saturated rings. The van der Waals surface area contributed by atoms with Gasteiger partial charge in [0.1, 0.15) is 0 Å². The molecular formula is C20H19BrClN3O4S. The van der Waals surface area contributed by atoms with Crippen molar-refractivity contribution in [3.63, 3.8) is 0 Å². The highest BCUT2D eigenvalue weighted by molar-refractivity contribution is 9.11. The van der Waals surface area contributed by atoms with Gasteiger partial charge in [-0.15, -0.1) is 11.3 Å². The van der Waals surface area contributed by atoms with Gasteiger partial charge in [-0.05, 0) is 46.3 Å². The fraction of sp³-hybridized carbons (Fsp3) is 0.350. The molecule has 7 nitrogen and oxygen atoms in total. The Morgan fingerprint density at radius 2 is 2.00 bits per heavy atom. The first kappa shape index (κ1) is 21.3. The van der Waals surface area contributed by atoms with Gasteiger partial charge in [0.05, 0.1) is 45.1 Å². The molecule has 158 valence electrons. The molecule has 2 aliphatic heterocycles. The summed E-state index contributed by atoms with van der Waals surface area (Å²) in [6.07, 6.45) is 0.532. The molecular weight excluding hydrogens is 494 g/mol. The molecule has 0 radical (unpaired) electrons. The smallest absolute Gasteiger partial charge is 0.261 e. The van der Waals surface area contributed by atoms with Crippen molar-refractivity contribution in [2.24, 2.45) is 0 Å². The number of hydrogen-bond donors (Lipinski definition) is 1. The van der Waals surface area contributed by atoms with E-state index >= 15 is 0 Å². The summed E-state index contributed by atoms with van der Waals surface area (Å²) >= 11 is 11.2. The fourth-order valence-electron chi connectivity index (χ4n) is 3.56. The van der Waals surface area contributed by atoms with Gasteiger partial charge < -0.3 is 19.9 Å². The van der Waals surface area contributed by atoms with Crippen molar-refractivity contribution in [2.45, 2.75) is 18.9 Å². The Morgan fingerprint density at radius 3 is 2.73 bits per heavy atom. The summed E-state index contributed by atoms with van der Waals surface area (Å²) in [7, 11) is 0. The molecule has 0 saturated carbocycles. The van der Waals surface area contributed by atoms with Gasteiger partial charge in [-0.25, -0.2) is 0 Å². The molecule has 1 aromatic heterocycles. The van der Waals surface area contributed by atoms with E-state index in [4.69, 9.17) is 16.3 Å². The van der Waals surface area contributed by atoms with Gasteiger partial charge in [-0.3, -0.25) is 14.4 Å². The highest BCUT2D eigenvalue weighted by Gasteiger charge is 2.32. The normalized spacial score (nSPS) is 19.9. The van der Waals surface area contributed by atoms with Crippen LogP contribution in [0.5, 0.6) is 0 Å². The summed E-state index contributed by atoms with van der Waals surface area (Å²) in [4.78, 5) is 41.0. The number of halogens is 2. The summed E-state index contributed by atoms with van der Waals surface area (Å²) in [6, 6.07) is 8.49. The number of ether oxygens (including phenoxy) is 1. The van der Waals surface area contributed by atoms with E-state index in [0.29, 0.717) is 54.0 Å². The van der Waals surface area contributed by atoms with Crippen LogP contribution < -0.4 is 15.1 Å². The monoisotopic (exact) mass is 511 g/mol. The van der Waals surface area contributed by atoms with Crippen LogP contribution in [0.2, 0.25) is 5.02 Å². The predicted molar refractivity (Wildman–Crippen MR) is 119 cm³/mol. The van der Waals surface area contributed by atoms with Crippen molar-refractivity contribution < 1.29 is 19.1 Å². The summed E-state index contributed by atoms with van der Waals surface area (Å²) in [5, 5.41) is 3.31. The summed E-state index contributed by atoms with van der Waals surface area (Å²) in [5.74, 6) is -0.321. The molecule has 0 bridgehead atoms. The zero-order valence-corrected chi connectivity index (χ0v) is 19.1. The molecule has 4 rings (SSSR count). The van der Waals surface area contributed by atoms with E-state index in [2.05, 4.69) is 21.2 Å². The third-order valence-electron chi connectivity index (χ3n) is 5.01. The summed E-state index contributed by atoms with van der Waals surface area (Å²) in [5.41, 5.74) is 1.25. The minimum Gasteiger partial charge on any atom is -0.379 e. The van der Waals surface area contributed by atoms with Gasteiger partial charge in [0.25, 0.3) is 5.91 Å². The van der Waals surface area contributed by atoms with Gasteiger partial charge in [-0.2, -0.15) is 0 Å². The van der Waals surface area contributed by atoms with E-state index in [0.717, 1.165) is 3.79 Å². The Hall–Kier alpha value is -1.94. The molecule has 1 atom stereocenters. The number of nitrogens with one attached hydrogen (secondary N) is 1. The van der Waals surface area contributed by atoms with Crippen molar-refractivity contribution >= 4 is 68.0 Å². The van der Waals surface area contributed by atoms with Crippen LogP contribution in [-0.2, 0) is 14.3 Å². The molecule has 2 saturated heterocycles. The predicted octanol–water partition coefficient (Wildman–Crippen LogP) is 3.45. The Balaban J connectivity index is 1.46. The first-order valence-electron chi connectivity index (χ1n) is 9.46. The lowest BCUT2D eigenvalue weighted by Gasteiger charge is -2.23. The second kappa shape index (κ2) is 9.05. The molecule has 2 aromatic rings. The fourth-order valence-corrected chi connectivity index (χ4v) is 5.13. The molecule has 30 heavy (non-hydrogen) atoms. The SMILES string of the molecule is O=C(N[C@@H]1CC(=O)N(c2ccc(N3CCOCCC3=O)c(Cl)c2)C1)c1ccc(Br)s1. The second-order valence-electron chi connectivity index (χ2n) is 7.03. The van der Waals surface area contributed by atoms with Crippen molar-refractivity contribution in [3.05, 3.63) is 44.0 Å². The third-order valence-corrected chi connectivity index (χ3v) is 6.94. The third kappa shape index (κ3) is 4.54. The number of anilines is 2. The van der Waals surface area contributed by atoms with Crippen molar-refractivity contribution in [1.29, 1.82) is 0 Å². The second-order valence-corrected chi connectivity index (χ2v) is 9.90. The van der Waals surface area contributed by atoms with E-state index in [-0.39, 0.29) is 30.2 Å². The van der Waals surface area contributed by atoms with Gasteiger partial charge >= 0.3 is 0 Å². The Labute approximate surface area is 191 Å². The van der Waals surface area contributed by atoms with E-state index in [1.54, 1.807) is 34.1 Å². The Bertz CT molecular complexity index is 998. The number of hydrogen-bond acceptors (Lipinski definition) is 5. The number of benzene rings is 1. The minimum absolute atomic E-state index is 0.0395. The topological polar surface area (TPSA) is 79.0 Å². The maximum absolute atomic E-state index is 12.5. The molecule has 0 aliphatic carbocycles. The van der Waals surface area contributed by atoms with E-state index < -0.39 is 0 Å². The lowest BCUT2D eigenvalue weighted by molar-refractivity contribution is -0.119. The number of amides is 3. The average molecular weight is 513 g/mol. The highest BCUT2D eigenvalue weighted by Crippen LogP contribution is 2.33. The van der Waals surface area contributed by atoms with Crippen LogP contribution in [0.4, 0.5) is 11.4 Å². The molecule has 1 aromatic carbocycles. The first-order chi connectivity index (χ1) is 14.4. The zero-order valence-electron chi connectivity index (χ0n) is 15.9. The number of rotatable bonds is 4.